The van der Waals surface area contributed by atoms with Gasteiger partial charge >= 0.3 is 0 Å². The second-order valence-corrected chi connectivity index (χ2v) is 5.79. The van der Waals surface area contributed by atoms with Crippen molar-refractivity contribution in [1.82, 2.24) is 9.47 Å². The van der Waals surface area contributed by atoms with Gasteiger partial charge in [0.05, 0.1) is 6.61 Å². The molecule has 0 unspecified atom stereocenters. The van der Waals surface area contributed by atoms with E-state index < -0.39 is 0 Å². The maximum absolute atomic E-state index is 12.5. The Morgan fingerprint density at radius 3 is 2.86 bits per heavy atom. The highest BCUT2D eigenvalue weighted by atomic mass is 79.9. The molecule has 0 saturated heterocycles. The molecule has 5 heteroatoms. The van der Waals surface area contributed by atoms with Gasteiger partial charge in [-0.1, -0.05) is 28.1 Å². The normalized spacial score (nSPS) is 10.6. The molecule has 0 radical (unpaired) electrons. The molecule has 0 fully saturated rings. The van der Waals surface area contributed by atoms with Gasteiger partial charge in [0.2, 0.25) is 0 Å². The van der Waals surface area contributed by atoms with Gasteiger partial charge in [-0.2, -0.15) is 0 Å². The number of rotatable bonds is 6. The van der Waals surface area contributed by atoms with Crippen molar-refractivity contribution < 1.29 is 9.53 Å². The first-order valence-corrected chi connectivity index (χ1v) is 7.55. The Hall–Kier alpha value is -1.59. The number of ether oxygens (including phenoxy) is 1. The third-order valence-electron chi connectivity index (χ3n) is 3.24. The van der Waals surface area contributed by atoms with Crippen molar-refractivity contribution in [3.05, 3.63) is 58.3 Å². The van der Waals surface area contributed by atoms with Gasteiger partial charge in [0, 0.05) is 37.9 Å². The van der Waals surface area contributed by atoms with Crippen LogP contribution < -0.4 is 0 Å². The Bertz CT molecular complexity index is 610. The van der Waals surface area contributed by atoms with E-state index in [1.54, 1.807) is 12.0 Å². The molecule has 0 spiro atoms. The molecule has 4 nitrogen and oxygen atoms in total. The van der Waals surface area contributed by atoms with E-state index in [0.29, 0.717) is 25.4 Å². The first kappa shape index (κ1) is 15.8. The topological polar surface area (TPSA) is 34.5 Å². The standard InChI is InChI=1S/C16H19BrN2O2/c1-18(12-13-5-3-6-14(17)11-13)16(20)15-7-4-8-19(15)9-10-21-2/h3-8,11H,9-10,12H2,1-2H3. The average molecular weight is 351 g/mol. The van der Waals surface area contributed by atoms with Gasteiger partial charge in [-0.15, -0.1) is 0 Å². The van der Waals surface area contributed by atoms with Crippen molar-refractivity contribution in [3.63, 3.8) is 0 Å². The van der Waals surface area contributed by atoms with Crippen molar-refractivity contribution >= 4 is 21.8 Å². The number of amides is 1. The van der Waals surface area contributed by atoms with Crippen LogP contribution in [0.1, 0.15) is 16.1 Å². The molecule has 0 aliphatic carbocycles. The van der Waals surface area contributed by atoms with Crippen LogP contribution in [0.15, 0.2) is 47.1 Å². The van der Waals surface area contributed by atoms with Crippen LogP contribution in [0.2, 0.25) is 0 Å². The van der Waals surface area contributed by atoms with Crippen LogP contribution in [0.4, 0.5) is 0 Å². The fourth-order valence-electron chi connectivity index (χ4n) is 2.17. The number of hydrogen-bond acceptors (Lipinski definition) is 2. The summed E-state index contributed by atoms with van der Waals surface area (Å²) >= 11 is 3.45. The minimum Gasteiger partial charge on any atom is -0.383 e. The van der Waals surface area contributed by atoms with E-state index in [4.69, 9.17) is 4.74 Å². The first-order valence-electron chi connectivity index (χ1n) is 6.76. The van der Waals surface area contributed by atoms with E-state index in [-0.39, 0.29) is 5.91 Å². The zero-order valence-electron chi connectivity index (χ0n) is 12.3. The highest BCUT2D eigenvalue weighted by Gasteiger charge is 2.15. The molecule has 112 valence electrons. The summed E-state index contributed by atoms with van der Waals surface area (Å²) in [5.74, 6) is 0.0103. The van der Waals surface area contributed by atoms with Crippen LogP contribution in [-0.2, 0) is 17.8 Å². The number of carbonyl (C=O) groups excluding carboxylic acids is 1. The first-order chi connectivity index (χ1) is 10.1. The highest BCUT2D eigenvalue weighted by molar-refractivity contribution is 9.10. The summed E-state index contributed by atoms with van der Waals surface area (Å²) in [6.45, 7) is 1.84. The lowest BCUT2D eigenvalue weighted by Gasteiger charge is -2.18. The molecule has 2 rings (SSSR count). The maximum atomic E-state index is 12.5. The fraction of sp³-hybridized carbons (Fsp3) is 0.312. The van der Waals surface area contributed by atoms with Gasteiger partial charge in [0.25, 0.3) is 5.91 Å². The number of methoxy groups -OCH3 is 1. The zero-order valence-corrected chi connectivity index (χ0v) is 13.8. The second kappa shape index (κ2) is 7.43. The summed E-state index contributed by atoms with van der Waals surface area (Å²) in [5, 5.41) is 0. The lowest BCUT2D eigenvalue weighted by Crippen LogP contribution is -2.28. The average Bonchev–Trinajstić information content (AvgIpc) is 2.92. The van der Waals surface area contributed by atoms with Gasteiger partial charge in [-0.25, -0.2) is 0 Å². The molecular weight excluding hydrogens is 332 g/mol. The lowest BCUT2D eigenvalue weighted by molar-refractivity contribution is 0.0771. The van der Waals surface area contributed by atoms with Crippen LogP contribution in [0.5, 0.6) is 0 Å². The lowest BCUT2D eigenvalue weighted by atomic mass is 10.2. The van der Waals surface area contributed by atoms with E-state index in [1.165, 1.54) is 0 Å². The predicted octanol–water partition coefficient (Wildman–Crippen LogP) is 3.17. The molecular formula is C16H19BrN2O2. The van der Waals surface area contributed by atoms with E-state index in [0.717, 1.165) is 10.0 Å². The van der Waals surface area contributed by atoms with Crippen LogP contribution in [0.3, 0.4) is 0 Å². The van der Waals surface area contributed by atoms with Crippen molar-refractivity contribution in [2.45, 2.75) is 13.1 Å². The Balaban J connectivity index is 2.07. The van der Waals surface area contributed by atoms with E-state index >= 15 is 0 Å². The number of halogens is 1. The summed E-state index contributed by atoms with van der Waals surface area (Å²) in [4.78, 5) is 14.3. The van der Waals surface area contributed by atoms with Crippen molar-refractivity contribution in [2.24, 2.45) is 0 Å². The molecule has 0 atom stereocenters. The van der Waals surface area contributed by atoms with E-state index in [9.17, 15) is 4.79 Å². The SMILES string of the molecule is COCCn1cccc1C(=O)N(C)Cc1cccc(Br)c1. The molecule has 0 saturated carbocycles. The molecule has 1 heterocycles. The molecule has 1 aromatic carbocycles. The predicted molar refractivity (Wildman–Crippen MR) is 86.2 cm³/mol. The van der Waals surface area contributed by atoms with Crippen LogP contribution in [0.25, 0.3) is 0 Å². The maximum Gasteiger partial charge on any atom is 0.270 e. The van der Waals surface area contributed by atoms with Gasteiger partial charge in [0.15, 0.2) is 0 Å². The van der Waals surface area contributed by atoms with Gasteiger partial charge in [-0.05, 0) is 29.8 Å². The van der Waals surface area contributed by atoms with E-state index in [2.05, 4.69) is 15.9 Å². The Kier molecular flexibility index (Phi) is 5.59. The van der Waals surface area contributed by atoms with Crippen molar-refractivity contribution in [2.75, 3.05) is 20.8 Å². The molecule has 0 bridgehead atoms. The number of benzene rings is 1. The largest absolute Gasteiger partial charge is 0.383 e. The fourth-order valence-corrected chi connectivity index (χ4v) is 2.62. The van der Waals surface area contributed by atoms with Crippen LogP contribution >= 0.6 is 15.9 Å². The van der Waals surface area contributed by atoms with E-state index in [1.807, 2.05) is 54.2 Å². The summed E-state index contributed by atoms with van der Waals surface area (Å²) < 4.78 is 8.01. The molecule has 0 N–H and O–H groups in total. The Morgan fingerprint density at radius 1 is 1.33 bits per heavy atom. The molecule has 2 aromatic rings. The van der Waals surface area contributed by atoms with Gasteiger partial charge in [-0.3, -0.25) is 4.79 Å². The summed E-state index contributed by atoms with van der Waals surface area (Å²) in [5.41, 5.74) is 1.78. The monoisotopic (exact) mass is 350 g/mol. The smallest absolute Gasteiger partial charge is 0.270 e. The molecule has 0 aliphatic rings. The molecule has 1 amide bonds. The third kappa shape index (κ3) is 4.19. The van der Waals surface area contributed by atoms with Gasteiger partial charge < -0.3 is 14.2 Å². The zero-order chi connectivity index (χ0) is 15.2. The summed E-state index contributed by atoms with van der Waals surface area (Å²) in [6, 6.07) is 11.7. The van der Waals surface area contributed by atoms with Crippen molar-refractivity contribution in [1.29, 1.82) is 0 Å². The summed E-state index contributed by atoms with van der Waals surface area (Å²) in [7, 11) is 3.47. The molecule has 0 aliphatic heterocycles. The number of carbonyl (C=O) groups is 1. The highest BCUT2D eigenvalue weighted by Crippen LogP contribution is 2.14. The number of nitrogens with zero attached hydrogens (tertiary/aromatic N) is 2. The second-order valence-electron chi connectivity index (χ2n) is 4.87. The van der Waals surface area contributed by atoms with Gasteiger partial charge in [0.1, 0.15) is 5.69 Å². The third-order valence-corrected chi connectivity index (χ3v) is 3.73. The molecule has 1 aromatic heterocycles. The quantitative estimate of drug-likeness (QED) is 0.801. The van der Waals surface area contributed by atoms with Crippen LogP contribution in [0, 0.1) is 0 Å². The number of aromatic nitrogens is 1. The summed E-state index contributed by atoms with van der Waals surface area (Å²) in [6.07, 6.45) is 1.90. The molecule has 21 heavy (non-hydrogen) atoms. The minimum absolute atomic E-state index is 0.0103. The minimum atomic E-state index is 0.0103. The Morgan fingerprint density at radius 2 is 2.14 bits per heavy atom. The van der Waals surface area contributed by atoms with Crippen molar-refractivity contribution in [3.8, 4) is 0 Å². The van der Waals surface area contributed by atoms with Crippen LogP contribution in [-0.4, -0.2) is 36.1 Å². The Labute approximate surface area is 133 Å². The number of hydrogen-bond donors (Lipinski definition) is 0.